The van der Waals surface area contributed by atoms with Gasteiger partial charge in [0.1, 0.15) is 5.69 Å². The summed E-state index contributed by atoms with van der Waals surface area (Å²) in [6.07, 6.45) is -2.67. The molecule has 4 rings (SSSR count). The molecule has 0 radical (unpaired) electrons. The number of rotatable bonds is 7. The van der Waals surface area contributed by atoms with Gasteiger partial charge in [-0.3, -0.25) is 4.90 Å². The fraction of sp³-hybridized carbons (Fsp3) is 0.375. The molecule has 170 valence electrons. The summed E-state index contributed by atoms with van der Waals surface area (Å²) >= 11 is 0. The predicted molar refractivity (Wildman–Crippen MR) is 118 cm³/mol. The van der Waals surface area contributed by atoms with Gasteiger partial charge in [-0.05, 0) is 49.7 Å². The Morgan fingerprint density at radius 1 is 0.969 bits per heavy atom. The Bertz CT molecular complexity index is 1020. The SMILES string of the molecule is O=C(OCCCCN1CCN(c2cccc(C(F)(F)F)c2)CC1)c1cc2ccccc2[nH]1. The molecule has 0 bridgehead atoms. The number of anilines is 1. The number of hydrogen-bond donors (Lipinski definition) is 1. The number of hydrogen-bond acceptors (Lipinski definition) is 4. The Balaban J connectivity index is 1.15. The van der Waals surface area contributed by atoms with Gasteiger partial charge in [-0.1, -0.05) is 24.3 Å². The van der Waals surface area contributed by atoms with Crippen LogP contribution in [0.3, 0.4) is 0 Å². The van der Waals surface area contributed by atoms with Gasteiger partial charge in [0.25, 0.3) is 0 Å². The van der Waals surface area contributed by atoms with Gasteiger partial charge in [0, 0.05) is 42.8 Å². The van der Waals surface area contributed by atoms with Crippen molar-refractivity contribution in [3.05, 3.63) is 65.9 Å². The van der Waals surface area contributed by atoms with Crippen LogP contribution in [0.4, 0.5) is 18.9 Å². The second-order valence-corrected chi connectivity index (χ2v) is 7.99. The summed E-state index contributed by atoms with van der Waals surface area (Å²) in [5.74, 6) is -0.351. The second-order valence-electron chi connectivity index (χ2n) is 7.99. The van der Waals surface area contributed by atoms with Crippen molar-refractivity contribution in [1.82, 2.24) is 9.88 Å². The van der Waals surface area contributed by atoms with Gasteiger partial charge in [-0.2, -0.15) is 13.2 Å². The standard InChI is InChI=1S/C24H26F3N3O2/c25-24(26,27)19-7-5-8-20(17-19)30-13-11-29(12-14-30)10-3-4-15-32-23(31)22-16-18-6-1-2-9-21(18)28-22/h1-2,5-9,16-17,28H,3-4,10-15H2. The number of para-hydroxylation sites is 1. The number of halogens is 3. The molecule has 0 aliphatic carbocycles. The van der Waals surface area contributed by atoms with Crippen LogP contribution in [-0.2, 0) is 10.9 Å². The topological polar surface area (TPSA) is 48.6 Å². The minimum atomic E-state index is -4.32. The minimum absolute atomic E-state index is 0.351. The Morgan fingerprint density at radius 3 is 2.50 bits per heavy atom. The molecule has 0 spiro atoms. The number of nitrogens with zero attached hydrogens (tertiary/aromatic N) is 2. The molecular weight excluding hydrogens is 419 g/mol. The van der Waals surface area contributed by atoms with E-state index in [1.807, 2.05) is 29.2 Å². The molecule has 0 saturated carbocycles. The Hall–Kier alpha value is -3.00. The normalized spacial score (nSPS) is 15.3. The number of carbonyl (C=O) groups excluding carboxylic acids is 1. The first-order chi connectivity index (χ1) is 15.4. The largest absolute Gasteiger partial charge is 0.461 e. The lowest BCUT2D eigenvalue weighted by Crippen LogP contribution is -2.46. The molecule has 1 aromatic heterocycles. The summed E-state index contributed by atoms with van der Waals surface area (Å²) in [6, 6.07) is 15.0. The van der Waals surface area contributed by atoms with Crippen LogP contribution >= 0.6 is 0 Å². The van der Waals surface area contributed by atoms with Crippen molar-refractivity contribution in [3.63, 3.8) is 0 Å². The van der Waals surface area contributed by atoms with Crippen LogP contribution in [-0.4, -0.2) is 55.2 Å². The van der Waals surface area contributed by atoms with Crippen LogP contribution in [0.15, 0.2) is 54.6 Å². The van der Waals surface area contributed by atoms with Crippen LogP contribution in [0.1, 0.15) is 28.9 Å². The van der Waals surface area contributed by atoms with Crippen LogP contribution < -0.4 is 4.90 Å². The highest BCUT2D eigenvalue weighted by Crippen LogP contribution is 2.31. The highest BCUT2D eigenvalue weighted by molar-refractivity contribution is 5.94. The molecular formula is C24H26F3N3O2. The van der Waals surface area contributed by atoms with Gasteiger partial charge < -0.3 is 14.6 Å². The number of carbonyl (C=O) groups is 1. The first-order valence-corrected chi connectivity index (χ1v) is 10.8. The number of H-pyrrole nitrogens is 1. The molecule has 1 aliphatic rings. The van der Waals surface area contributed by atoms with Gasteiger partial charge in [0.2, 0.25) is 0 Å². The van der Waals surface area contributed by atoms with Crippen LogP contribution in [0.25, 0.3) is 10.9 Å². The van der Waals surface area contributed by atoms with E-state index in [0.717, 1.165) is 49.4 Å². The number of alkyl halides is 3. The molecule has 2 heterocycles. The predicted octanol–water partition coefficient (Wildman–Crippen LogP) is 4.95. The average molecular weight is 445 g/mol. The molecule has 0 atom stereocenters. The Labute approximate surface area is 184 Å². The zero-order valence-electron chi connectivity index (χ0n) is 17.7. The molecule has 0 unspecified atom stereocenters. The van der Waals surface area contributed by atoms with Crippen molar-refractivity contribution >= 4 is 22.6 Å². The van der Waals surface area contributed by atoms with Crippen LogP contribution in [0, 0.1) is 0 Å². The van der Waals surface area contributed by atoms with Crippen LogP contribution in [0.5, 0.6) is 0 Å². The number of ether oxygens (including phenoxy) is 1. The quantitative estimate of drug-likeness (QED) is 0.413. The monoisotopic (exact) mass is 445 g/mol. The number of benzene rings is 2. The van der Waals surface area contributed by atoms with Gasteiger partial charge in [0.15, 0.2) is 0 Å². The smallest absolute Gasteiger partial charge is 0.416 e. The summed E-state index contributed by atoms with van der Waals surface area (Å²) in [6.45, 7) is 4.21. The van der Waals surface area contributed by atoms with E-state index >= 15 is 0 Å². The summed E-state index contributed by atoms with van der Waals surface area (Å²) in [5, 5.41) is 0.976. The fourth-order valence-corrected chi connectivity index (χ4v) is 3.97. The molecule has 5 nitrogen and oxygen atoms in total. The third-order valence-electron chi connectivity index (χ3n) is 5.76. The van der Waals surface area contributed by atoms with E-state index in [2.05, 4.69) is 9.88 Å². The maximum Gasteiger partial charge on any atom is 0.416 e. The lowest BCUT2D eigenvalue weighted by atomic mass is 10.1. The number of esters is 1. The van der Waals surface area contributed by atoms with E-state index in [1.54, 1.807) is 12.1 Å². The van der Waals surface area contributed by atoms with Crippen molar-refractivity contribution in [2.45, 2.75) is 19.0 Å². The first-order valence-electron chi connectivity index (χ1n) is 10.8. The van der Waals surface area contributed by atoms with Gasteiger partial charge in [-0.25, -0.2) is 4.79 Å². The van der Waals surface area contributed by atoms with Crippen molar-refractivity contribution in [1.29, 1.82) is 0 Å². The summed E-state index contributed by atoms with van der Waals surface area (Å²) < 4.78 is 44.2. The molecule has 2 aromatic carbocycles. The zero-order chi connectivity index (χ0) is 22.6. The van der Waals surface area contributed by atoms with E-state index in [1.165, 1.54) is 12.1 Å². The zero-order valence-corrected chi connectivity index (χ0v) is 17.7. The van der Waals surface area contributed by atoms with E-state index in [4.69, 9.17) is 4.74 Å². The number of aromatic nitrogens is 1. The van der Waals surface area contributed by atoms with Gasteiger partial charge in [-0.15, -0.1) is 0 Å². The highest BCUT2D eigenvalue weighted by Gasteiger charge is 2.31. The third kappa shape index (κ3) is 5.43. The maximum absolute atomic E-state index is 12.9. The number of fused-ring (bicyclic) bond motifs is 1. The lowest BCUT2D eigenvalue weighted by molar-refractivity contribution is -0.137. The number of piperazine rings is 1. The number of nitrogens with one attached hydrogen (secondary N) is 1. The molecule has 1 saturated heterocycles. The van der Waals surface area contributed by atoms with Gasteiger partial charge >= 0.3 is 12.1 Å². The van der Waals surface area contributed by atoms with E-state index in [9.17, 15) is 18.0 Å². The highest BCUT2D eigenvalue weighted by atomic mass is 19.4. The molecule has 1 aliphatic heterocycles. The molecule has 8 heteroatoms. The van der Waals surface area contributed by atoms with Crippen LogP contribution in [0.2, 0.25) is 0 Å². The van der Waals surface area contributed by atoms with E-state index < -0.39 is 11.7 Å². The fourth-order valence-electron chi connectivity index (χ4n) is 3.97. The Kier molecular flexibility index (Phi) is 6.69. The number of aromatic amines is 1. The summed E-state index contributed by atoms with van der Waals surface area (Å²) in [4.78, 5) is 19.6. The molecule has 0 amide bonds. The summed E-state index contributed by atoms with van der Waals surface area (Å²) in [5.41, 5.74) is 1.36. The average Bonchev–Trinajstić information content (AvgIpc) is 3.23. The molecule has 1 fully saturated rings. The summed E-state index contributed by atoms with van der Waals surface area (Å²) in [7, 11) is 0. The van der Waals surface area contributed by atoms with Crippen molar-refractivity contribution in [2.75, 3.05) is 44.2 Å². The van der Waals surface area contributed by atoms with Gasteiger partial charge in [0.05, 0.1) is 12.2 Å². The Morgan fingerprint density at radius 2 is 1.75 bits per heavy atom. The van der Waals surface area contributed by atoms with E-state index in [-0.39, 0.29) is 5.97 Å². The third-order valence-corrected chi connectivity index (χ3v) is 5.76. The first kappa shape index (κ1) is 22.2. The van der Waals surface area contributed by atoms with Crippen molar-refractivity contribution in [2.24, 2.45) is 0 Å². The van der Waals surface area contributed by atoms with Crippen molar-refractivity contribution in [3.8, 4) is 0 Å². The number of unbranched alkanes of at least 4 members (excludes halogenated alkanes) is 1. The molecule has 3 aromatic rings. The minimum Gasteiger partial charge on any atom is -0.461 e. The lowest BCUT2D eigenvalue weighted by Gasteiger charge is -2.36. The van der Waals surface area contributed by atoms with E-state index in [0.29, 0.717) is 31.1 Å². The molecule has 1 N–H and O–H groups in total. The molecule has 32 heavy (non-hydrogen) atoms. The second kappa shape index (κ2) is 9.65. The van der Waals surface area contributed by atoms with Crippen molar-refractivity contribution < 1.29 is 22.7 Å². The maximum atomic E-state index is 12.9.